The van der Waals surface area contributed by atoms with Crippen LogP contribution in [0.15, 0.2) is 164 Å². The summed E-state index contributed by atoms with van der Waals surface area (Å²) >= 11 is 1.88. The number of thiophene rings is 1. The number of fused-ring (bicyclic) bond motifs is 11. The molecule has 7 aromatic carbocycles. The Labute approximate surface area is 306 Å². The van der Waals surface area contributed by atoms with E-state index < -0.39 is 0 Å². The van der Waals surface area contributed by atoms with Crippen LogP contribution in [0.1, 0.15) is 11.1 Å². The zero-order chi connectivity index (χ0) is 34.5. The average Bonchev–Trinajstić information content (AvgIpc) is 3.75. The van der Waals surface area contributed by atoms with Crippen molar-refractivity contribution in [1.82, 2.24) is 14.4 Å². The number of likely N-dealkylation sites (N-methyl/N-ethyl adjacent to an activating group) is 2. The lowest BCUT2D eigenvalue weighted by Crippen LogP contribution is -2.51. The smallest absolute Gasteiger partial charge is 0.0713 e. The van der Waals surface area contributed by atoms with Crippen molar-refractivity contribution in [3.8, 4) is 5.69 Å². The number of aromatic nitrogens is 1. The molecule has 3 nitrogen and oxygen atoms in total. The quantitative estimate of drug-likeness (QED) is 0.183. The Kier molecular flexibility index (Phi) is 6.38. The van der Waals surface area contributed by atoms with Crippen molar-refractivity contribution in [3.63, 3.8) is 0 Å². The second-order valence-corrected chi connectivity index (χ2v) is 15.3. The van der Waals surface area contributed by atoms with Gasteiger partial charge in [-0.25, -0.2) is 0 Å². The molecule has 248 valence electrons. The molecule has 0 N–H and O–H groups in total. The van der Waals surface area contributed by atoms with Gasteiger partial charge in [0.2, 0.25) is 0 Å². The number of rotatable bonds is 3. The molecular formula is C48H35N3S. The van der Waals surface area contributed by atoms with Crippen molar-refractivity contribution in [3.05, 3.63) is 175 Å². The first-order valence-electron chi connectivity index (χ1n) is 18.0. The van der Waals surface area contributed by atoms with Gasteiger partial charge in [-0.05, 0) is 57.9 Å². The van der Waals surface area contributed by atoms with Gasteiger partial charge in [-0.15, -0.1) is 11.3 Å². The van der Waals surface area contributed by atoms with Crippen LogP contribution in [0.3, 0.4) is 0 Å². The second kappa shape index (κ2) is 11.2. The Morgan fingerprint density at radius 1 is 0.462 bits per heavy atom. The van der Waals surface area contributed by atoms with E-state index in [2.05, 4.69) is 192 Å². The standard InChI is InChI=1S/C48H35N3S/c1-49-39-16-8-9-17-40(39)50(2)48(33-21-26-38-37-15-7-10-18-43(37)52-44(38)29-33)47(49)32-19-24-34(25-20-32)51-41-27-22-30-11-3-5-13-35(30)45(41)46-36-14-6-4-12-31(36)23-28-42(46)51/h3-29,39-40H,1-2H3. The maximum atomic E-state index is 2.49. The van der Waals surface area contributed by atoms with E-state index in [1.54, 1.807) is 0 Å². The lowest BCUT2D eigenvalue weighted by molar-refractivity contribution is 0.245. The van der Waals surface area contributed by atoms with Crippen molar-refractivity contribution >= 4 is 86.3 Å². The van der Waals surface area contributed by atoms with E-state index in [0.29, 0.717) is 0 Å². The summed E-state index contributed by atoms with van der Waals surface area (Å²) in [5, 5.41) is 10.4. The maximum Gasteiger partial charge on any atom is 0.0713 e. The third-order valence-corrected chi connectivity index (χ3v) is 12.6. The molecule has 52 heavy (non-hydrogen) atoms. The largest absolute Gasteiger partial charge is 0.364 e. The van der Waals surface area contributed by atoms with Crippen molar-refractivity contribution in [1.29, 1.82) is 0 Å². The molecule has 0 bridgehead atoms. The molecule has 1 aliphatic carbocycles. The Morgan fingerprint density at radius 3 is 1.62 bits per heavy atom. The topological polar surface area (TPSA) is 11.4 Å². The van der Waals surface area contributed by atoms with Crippen LogP contribution < -0.4 is 0 Å². The van der Waals surface area contributed by atoms with E-state index in [1.807, 2.05) is 11.3 Å². The molecule has 0 fully saturated rings. The van der Waals surface area contributed by atoms with Gasteiger partial charge >= 0.3 is 0 Å². The maximum absolute atomic E-state index is 2.49. The van der Waals surface area contributed by atoms with Crippen LogP contribution in [0.5, 0.6) is 0 Å². The molecular weight excluding hydrogens is 651 g/mol. The summed E-state index contributed by atoms with van der Waals surface area (Å²) < 4.78 is 5.11. The van der Waals surface area contributed by atoms with Crippen molar-refractivity contribution in [2.24, 2.45) is 0 Å². The predicted molar refractivity (Wildman–Crippen MR) is 223 cm³/mol. The molecule has 1 aliphatic heterocycles. The van der Waals surface area contributed by atoms with Crippen molar-refractivity contribution < 1.29 is 0 Å². The van der Waals surface area contributed by atoms with Crippen LogP contribution in [0, 0.1) is 0 Å². The molecule has 0 saturated heterocycles. The van der Waals surface area contributed by atoms with Crippen LogP contribution in [0.2, 0.25) is 0 Å². The summed E-state index contributed by atoms with van der Waals surface area (Å²) in [5.41, 5.74) is 8.57. The van der Waals surface area contributed by atoms with Gasteiger partial charge in [0, 0.05) is 61.9 Å². The Bertz CT molecular complexity index is 2920. The van der Waals surface area contributed by atoms with Crippen LogP contribution >= 0.6 is 11.3 Å². The number of hydrogen-bond acceptors (Lipinski definition) is 3. The van der Waals surface area contributed by atoms with Gasteiger partial charge in [-0.1, -0.05) is 127 Å². The number of benzene rings is 7. The number of nitrogens with zero attached hydrogens (tertiary/aromatic N) is 3. The summed E-state index contributed by atoms with van der Waals surface area (Å²) in [7, 11) is 4.53. The monoisotopic (exact) mass is 685 g/mol. The fraction of sp³-hybridized carbons (Fsp3) is 0.0833. The fourth-order valence-corrected chi connectivity index (χ4v) is 10.2. The number of hydrogen-bond donors (Lipinski definition) is 0. The molecule has 2 aliphatic rings. The summed E-state index contributed by atoms with van der Waals surface area (Å²) in [6.45, 7) is 0. The molecule has 0 radical (unpaired) electrons. The van der Waals surface area contributed by atoms with Crippen LogP contribution in [-0.4, -0.2) is 40.5 Å². The van der Waals surface area contributed by atoms with Crippen LogP contribution in [0.25, 0.3) is 80.6 Å². The molecule has 4 heteroatoms. The molecule has 2 atom stereocenters. The first-order valence-corrected chi connectivity index (χ1v) is 18.9. The van der Waals surface area contributed by atoms with Gasteiger partial charge in [-0.3, -0.25) is 0 Å². The highest BCUT2D eigenvalue weighted by molar-refractivity contribution is 7.25. The third-order valence-electron chi connectivity index (χ3n) is 11.5. The van der Waals surface area contributed by atoms with Crippen LogP contribution in [-0.2, 0) is 0 Å². The molecule has 3 heterocycles. The Balaban J connectivity index is 1.12. The minimum Gasteiger partial charge on any atom is -0.364 e. The second-order valence-electron chi connectivity index (χ2n) is 14.2. The molecule has 2 unspecified atom stereocenters. The molecule has 0 spiro atoms. The highest BCUT2D eigenvalue weighted by Crippen LogP contribution is 2.44. The van der Waals surface area contributed by atoms with E-state index in [9.17, 15) is 0 Å². The van der Waals surface area contributed by atoms with Gasteiger partial charge < -0.3 is 14.4 Å². The Morgan fingerprint density at radius 2 is 0.981 bits per heavy atom. The predicted octanol–water partition coefficient (Wildman–Crippen LogP) is 12.0. The number of allylic oxidation sites excluding steroid dienone is 2. The van der Waals surface area contributed by atoms with Crippen molar-refractivity contribution in [2.75, 3.05) is 14.1 Å². The highest BCUT2D eigenvalue weighted by atomic mass is 32.1. The van der Waals surface area contributed by atoms with Gasteiger partial charge in [0.05, 0.1) is 34.5 Å². The highest BCUT2D eigenvalue weighted by Gasteiger charge is 2.37. The normalized spacial score (nSPS) is 17.5. The van der Waals surface area contributed by atoms with Gasteiger partial charge in [0.1, 0.15) is 0 Å². The first-order chi connectivity index (χ1) is 25.6. The minimum absolute atomic E-state index is 0.236. The van der Waals surface area contributed by atoms with Crippen LogP contribution in [0.4, 0.5) is 0 Å². The van der Waals surface area contributed by atoms with Crippen molar-refractivity contribution in [2.45, 2.75) is 12.1 Å². The lowest BCUT2D eigenvalue weighted by atomic mass is 9.91. The minimum atomic E-state index is 0.236. The fourth-order valence-electron chi connectivity index (χ4n) is 9.08. The van der Waals surface area contributed by atoms with E-state index >= 15 is 0 Å². The van der Waals surface area contributed by atoms with Gasteiger partial charge in [-0.2, -0.15) is 0 Å². The van der Waals surface area contributed by atoms with E-state index in [-0.39, 0.29) is 12.1 Å². The van der Waals surface area contributed by atoms with Gasteiger partial charge in [0.15, 0.2) is 0 Å². The zero-order valence-corrected chi connectivity index (χ0v) is 29.8. The molecule has 0 saturated carbocycles. The van der Waals surface area contributed by atoms with E-state index in [1.165, 1.54) is 86.0 Å². The summed E-state index contributed by atoms with van der Waals surface area (Å²) in [6, 6.07) is 52.3. The molecule has 0 amide bonds. The molecule has 9 aromatic rings. The first kappa shape index (κ1) is 29.6. The summed E-state index contributed by atoms with van der Waals surface area (Å²) in [6.07, 6.45) is 9.06. The molecule has 11 rings (SSSR count). The summed E-state index contributed by atoms with van der Waals surface area (Å²) in [5.74, 6) is 0. The van der Waals surface area contributed by atoms with E-state index in [4.69, 9.17) is 0 Å². The summed E-state index contributed by atoms with van der Waals surface area (Å²) in [4.78, 5) is 4.98. The average molecular weight is 686 g/mol. The van der Waals surface area contributed by atoms with E-state index in [0.717, 1.165) is 5.69 Å². The Hall–Kier alpha value is -6.10. The van der Waals surface area contributed by atoms with Gasteiger partial charge in [0.25, 0.3) is 0 Å². The zero-order valence-electron chi connectivity index (χ0n) is 29.0. The third kappa shape index (κ3) is 4.19. The SMILES string of the molecule is CN1C(c2ccc(-n3c4ccc5ccccc5c4c4c5ccccc5ccc43)cc2)=C(c2ccc3c(c2)sc2ccccc23)N(C)C2C=CC=CC21. The molecule has 2 aromatic heterocycles. The lowest BCUT2D eigenvalue weighted by Gasteiger charge is -2.48.